The number of nitrogens with zero attached hydrogens (tertiary/aromatic N) is 2. The summed E-state index contributed by atoms with van der Waals surface area (Å²) in [6.45, 7) is 0. The maximum Gasteiger partial charge on any atom is 0.116 e. The Balaban J connectivity index is 2.01. The van der Waals surface area contributed by atoms with Crippen LogP contribution in [0.3, 0.4) is 0 Å². The van der Waals surface area contributed by atoms with Crippen molar-refractivity contribution in [1.82, 2.24) is 20.2 Å². The van der Waals surface area contributed by atoms with Crippen LogP contribution in [0, 0.1) is 0 Å². The van der Waals surface area contributed by atoms with E-state index < -0.39 is 0 Å². The van der Waals surface area contributed by atoms with Crippen LogP contribution in [-0.2, 0) is 0 Å². The lowest BCUT2D eigenvalue weighted by molar-refractivity contribution is 1.12. The molecule has 4 aromatic rings. The highest BCUT2D eigenvalue weighted by Gasteiger charge is 2.09. The SMILES string of the molecule is c1ccc2c(-c3cc4cnccc4[nH]3)n[nH]c2c1. The lowest BCUT2D eigenvalue weighted by Gasteiger charge is -1.92. The summed E-state index contributed by atoms with van der Waals surface area (Å²) < 4.78 is 0. The topological polar surface area (TPSA) is 57.4 Å². The summed E-state index contributed by atoms with van der Waals surface area (Å²) in [5, 5.41) is 9.65. The molecular formula is C14H10N4. The first-order valence-electron chi connectivity index (χ1n) is 5.78. The molecule has 0 spiro atoms. The second kappa shape index (κ2) is 3.43. The third kappa shape index (κ3) is 1.26. The van der Waals surface area contributed by atoms with E-state index in [-0.39, 0.29) is 0 Å². The van der Waals surface area contributed by atoms with Gasteiger partial charge < -0.3 is 4.98 Å². The third-order valence-electron chi connectivity index (χ3n) is 3.15. The molecule has 4 heteroatoms. The molecule has 0 radical (unpaired) electrons. The van der Waals surface area contributed by atoms with Crippen LogP contribution in [0.15, 0.2) is 48.8 Å². The summed E-state index contributed by atoms with van der Waals surface area (Å²) in [4.78, 5) is 7.49. The zero-order chi connectivity index (χ0) is 11.9. The minimum atomic E-state index is 0.946. The van der Waals surface area contributed by atoms with Crippen molar-refractivity contribution in [2.45, 2.75) is 0 Å². The molecular weight excluding hydrogens is 224 g/mol. The molecule has 0 bridgehead atoms. The monoisotopic (exact) mass is 234 g/mol. The number of aromatic nitrogens is 4. The molecule has 0 unspecified atom stereocenters. The van der Waals surface area contributed by atoms with E-state index in [1.54, 1.807) is 6.20 Å². The fraction of sp³-hybridized carbons (Fsp3) is 0. The number of para-hydroxylation sites is 1. The van der Waals surface area contributed by atoms with E-state index in [9.17, 15) is 0 Å². The predicted octanol–water partition coefficient (Wildman–Crippen LogP) is 3.11. The largest absolute Gasteiger partial charge is 0.353 e. The molecule has 4 nitrogen and oxygen atoms in total. The Labute approximate surface area is 103 Å². The standard InChI is InChI=1S/C14H10N4/c1-2-4-12-10(3-1)14(18-17-12)13-7-9-8-15-6-5-11(9)16-13/h1-8,16H,(H,17,18). The Bertz CT molecular complexity index is 808. The van der Waals surface area contributed by atoms with E-state index in [0.717, 1.165) is 33.2 Å². The molecule has 2 N–H and O–H groups in total. The lowest BCUT2D eigenvalue weighted by Crippen LogP contribution is -1.77. The van der Waals surface area contributed by atoms with E-state index in [1.807, 2.05) is 30.5 Å². The number of hydrogen-bond acceptors (Lipinski definition) is 2. The van der Waals surface area contributed by atoms with Gasteiger partial charge in [-0.25, -0.2) is 0 Å². The highest BCUT2D eigenvalue weighted by Crippen LogP contribution is 2.27. The van der Waals surface area contributed by atoms with Crippen molar-refractivity contribution in [1.29, 1.82) is 0 Å². The van der Waals surface area contributed by atoms with Crippen LogP contribution in [0.4, 0.5) is 0 Å². The Kier molecular flexibility index (Phi) is 1.80. The molecule has 0 amide bonds. The fourth-order valence-corrected chi connectivity index (χ4v) is 2.27. The van der Waals surface area contributed by atoms with Crippen LogP contribution >= 0.6 is 0 Å². The minimum absolute atomic E-state index is 0.946. The number of fused-ring (bicyclic) bond motifs is 2. The van der Waals surface area contributed by atoms with Gasteiger partial charge in [-0.15, -0.1) is 0 Å². The lowest BCUT2D eigenvalue weighted by atomic mass is 10.2. The quantitative estimate of drug-likeness (QED) is 0.531. The second-order valence-electron chi connectivity index (χ2n) is 4.26. The summed E-state index contributed by atoms with van der Waals surface area (Å²) in [6, 6.07) is 12.2. The molecule has 0 aliphatic rings. The molecule has 0 fully saturated rings. The molecule has 4 rings (SSSR count). The average Bonchev–Trinajstić information content (AvgIpc) is 3.02. The van der Waals surface area contributed by atoms with Crippen molar-refractivity contribution in [3.05, 3.63) is 48.8 Å². The van der Waals surface area contributed by atoms with Gasteiger partial charge in [0.2, 0.25) is 0 Å². The maximum absolute atomic E-state index is 4.38. The number of nitrogens with one attached hydrogen (secondary N) is 2. The van der Waals surface area contributed by atoms with Crippen molar-refractivity contribution in [2.75, 3.05) is 0 Å². The molecule has 0 saturated heterocycles. The van der Waals surface area contributed by atoms with Crippen LogP contribution in [0.5, 0.6) is 0 Å². The van der Waals surface area contributed by atoms with Crippen LogP contribution in [-0.4, -0.2) is 20.2 Å². The molecule has 0 aliphatic heterocycles. The Morgan fingerprint density at radius 3 is 2.89 bits per heavy atom. The highest BCUT2D eigenvalue weighted by molar-refractivity contribution is 5.95. The van der Waals surface area contributed by atoms with E-state index >= 15 is 0 Å². The van der Waals surface area contributed by atoms with E-state index in [0.29, 0.717) is 0 Å². The van der Waals surface area contributed by atoms with Gasteiger partial charge in [0.1, 0.15) is 5.69 Å². The van der Waals surface area contributed by atoms with Crippen molar-refractivity contribution in [2.24, 2.45) is 0 Å². The molecule has 86 valence electrons. The predicted molar refractivity (Wildman–Crippen MR) is 71.2 cm³/mol. The van der Waals surface area contributed by atoms with Gasteiger partial charge in [-0.05, 0) is 18.2 Å². The summed E-state index contributed by atoms with van der Waals surface area (Å²) in [5.74, 6) is 0. The summed E-state index contributed by atoms with van der Waals surface area (Å²) >= 11 is 0. The third-order valence-corrected chi connectivity index (χ3v) is 3.15. The Morgan fingerprint density at radius 1 is 1.00 bits per heavy atom. The first-order valence-corrected chi connectivity index (χ1v) is 5.78. The smallest absolute Gasteiger partial charge is 0.116 e. The minimum Gasteiger partial charge on any atom is -0.353 e. The molecule has 0 aliphatic carbocycles. The molecule has 0 saturated carbocycles. The van der Waals surface area contributed by atoms with Gasteiger partial charge in [-0.2, -0.15) is 5.10 Å². The Morgan fingerprint density at radius 2 is 1.94 bits per heavy atom. The molecule has 1 aromatic carbocycles. The van der Waals surface area contributed by atoms with Crippen molar-refractivity contribution < 1.29 is 0 Å². The first kappa shape index (κ1) is 9.41. The molecule has 3 aromatic heterocycles. The zero-order valence-electron chi connectivity index (χ0n) is 9.51. The summed E-state index contributed by atoms with van der Waals surface area (Å²) in [5.41, 5.74) is 4.08. The van der Waals surface area contributed by atoms with Crippen molar-refractivity contribution >= 4 is 21.8 Å². The molecule has 0 atom stereocenters. The van der Waals surface area contributed by atoms with E-state index in [2.05, 4.69) is 32.3 Å². The van der Waals surface area contributed by atoms with Gasteiger partial charge >= 0.3 is 0 Å². The number of benzene rings is 1. The number of hydrogen-bond donors (Lipinski definition) is 2. The van der Waals surface area contributed by atoms with Gasteiger partial charge in [-0.3, -0.25) is 10.1 Å². The van der Waals surface area contributed by atoms with Gasteiger partial charge in [-0.1, -0.05) is 18.2 Å². The van der Waals surface area contributed by atoms with Crippen LogP contribution in [0.1, 0.15) is 0 Å². The number of rotatable bonds is 1. The van der Waals surface area contributed by atoms with Crippen molar-refractivity contribution in [3.63, 3.8) is 0 Å². The summed E-state index contributed by atoms with van der Waals surface area (Å²) in [7, 11) is 0. The fourth-order valence-electron chi connectivity index (χ4n) is 2.27. The summed E-state index contributed by atoms with van der Waals surface area (Å²) in [6.07, 6.45) is 3.63. The van der Waals surface area contributed by atoms with Gasteiger partial charge in [0, 0.05) is 28.7 Å². The van der Waals surface area contributed by atoms with E-state index in [4.69, 9.17) is 0 Å². The number of aromatic amines is 2. The maximum atomic E-state index is 4.38. The highest BCUT2D eigenvalue weighted by atomic mass is 15.1. The number of H-pyrrole nitrogens is 2. The van der Waals surface area contributed by atoms with Crippen LogP contribution < -0.4 is 0 Å². The van der Waals surface area contributed by atoms with Gasteiger partial charge in [0.25, 0.3) is 0 Å². The van der Waals surface area contributed by atoms with E-state index in [1.165, 1.54) is 0 Å². The zero-order valence-corrected chi connectivity index (χ0v) is 9.51. The molecule has 18 heavy (non-hydrogen) atoms. The molecule has 3 heterocycles. The van der Waals surface area contributed by atoms with Gasteiger partial charge in [0.05, 0.1) is 11.2 Å². The van der Waals surface area contributed by atoms with Gasteiger partial charge in [0.15, 0.2) is 0 Å². The first-order chi connectivity index (χ1) is 8.92. The number of pyridine rings is 1. The normalized spacial score (nSPS) is 11.3. The average molecular weight is 234 g/mol. The van der Waals surface area contributed by atoms with Crippen LogP contribution in [0.2, 0.25) is 0 Å². The Hall–Kier alpha value is -2.62. The van der Waals surface area contributed by atoms with Crippen molar-refractivity contribution in [3.8, 4) is 11.4 Å². The second-order valence-corrected chi connectivity index (χ2v) is 4.26. The van der Waals surface area contributed by atoms with Crippen LogP contribution in [0.25, 0.3) is 33.2 Å².